The minimum atomic E-state index is -0.178. The first-order chi connectivity index (χ1) is 41.1. The van der Waals surface area contributed by atoms with Crippen molar-refractivity contribution in [2.24, 2.45) is 21.7 Å². The molecule has 2 nitrogen and oxygen atoms in total. The quantitative estimate of drug-likeness (QED) is 0.153. The summed E-state index contributed by atoms with van der Waals surface area (Å²) in [5, 5.41) is 12.9. The van der Waals surface area contributed by atoms with Gasteiger partial charge in [-0.2, -0.15) is 0 Å². The molecule has 2 heteroatoms. The molecular formula is C84H80N2. The molecule has 0 spiro atoms. The Bertz CT molecular complexity index is 4480. The summed E-state index contributed by atoms with van der Waals surface area (Å²) in [4.78, 5) is 5.48. The lowest BCUT2D eigenvalue weighted by atomic mass is 9.45. The van der Waals surface area contributed by atoms with Gasteiger partial charge in [-0.05, 0) is 231 Å². The number of rotatable bonds is 6. The minimum Gasteiger partial charge on any atom is -0.334 e. The Labute approximate surface area is 509 Å². The first-order valence-electron chi connectivity index (χ1n) is 31.8. The maximum Gasteiger partial charge on any atom is 0.0528 e. The lowest BCUT2D eigenvalue weighted by molar-refractivity contribution is -0.0239. The van der Waals surface area contributed by atoms with Crippen LogP contribution >= 0.6 is 0 Å². The summed E-state index contributed by atoms with van der Waals surface area (Å²) in [7, 11) is 0. The Morgan fingerprint density at radius 2 is 0.628 bits per heavy atom. The zero-order chi connectivity index (χ0) is 59.3. The highest BCUT2D eigenvalue weighted by Gasteiger charge is 2.69. The highest BCUT2D eigenvalue weighted by atomic mass is 15.3. The molecule has 0 amide bonds. The molecule has 2 aliphatic heterocycles. The summed E-state index contributed by atoms with van der Waals surface area (Å²) in [6.45, 7) is 30.7. The molecule has 4 unspecified atom stereocenters. The van der Waals surface area contributed by atoms with E-state index in [0.29, 0.717) is 0 Å². The molecule has 4 atom stereocenters. The highest BCUT2D eigenvalue weighted by molar-refractivity contribution is 6.33. The third-order valence-electron chi connectivity index (χ3n) is 23.6. The summed E-state index contributed by atoms with van der Waals surface area (Å²) in [6, 6.07) is 84.6. The lowest BCUT2D eigenvalue weighted by Gasteiger charge is -2.62. The number of benzene rings is 12. The molecule has 16 rings (SSSR count). The number of nitrogens with zero attached hydrogens (tertiary/aromatic N) is 2. The summed E-state index contributed by atoms with van der Waals surface area (Å²) in [5.74, 6) is 0. The maximum absolute atomic E-state index is 2.74. The molecule has 0 N–H and O–H groups in total. The molecule has 2 fully saturated rings. The van der Waals surface area contributed by atoms with Gasteiger partial charge in [0.05, 0.1) is 11.1 Å². The van der Waals surface area contributed by atoms with Crippen LogP contribution in [-0.2, 0) is 10.8 Å². The van der Waals surface area contributed by atoms with Gasteiger partial charge < -0.3 is 9.80 Å². The first-order valence-corrected chi connectivity index (χ1v) is 31.8. The van der Waals surface area contributed by atoms with Gasteiger partial charge in [0.2, 0.25) is 0 Å². The van der Waals surface area contributed by atoms with Crippen LogP contribution in [0.5, 0.6) is 0 Å². The van der Waals surface area contributed by atoms with Gasteiger partial charge in [-0.15, -0.1) is 0 Å². The molecule has 2 saturated carbocycles. The summed E-state index contributed by atoms with van der Waals surface area (Å²) in [5.41, 5.74) is 17.9. The van der Waals surface area contributed by atoms with Gasteiger partial charge >= 0.3 is 0 Å². The molecule has 4 aliphatic rings. The standard InChI is InChI=1S/C84H80N2/c1-77(2)49-79(5,6)83(11)71-45-55(37-43-73(71)85(81(83,9)51-77)57-29-15-13-16-30-57)67-47-69(61-35-23-27-53-25-19-21-33-59(53)61)65-42-40-64-68(48-70(66-41-39-63(67)75(65)76(64)66)62-36-24-28-54-26-20-22-34-60(54)62)56-38-44-74-72(46-56)84(12)80(7,8)50-78(3,4)52-82(84,10)86(74)58-31-17-14-18-32-58/h13-48H,49-52H2,1-12H3. The SMILES string of the molecule is CC1(C)CC(C)(C)C2(C)c3cc(-c4cc(-c5cccc6ccccc56)c5ccc6c(-c7ccc8c(c7)C7(C)C(C)(C)CC(C)(C)CC7(C)N8c7ccccc7)cc(-c7cccc8ccccc78)c7ccc4c5c67)ccc3N(c3ccccc3)C2(C)C1. The Morgan fingerprint density at radius 3 is 1.02 bits per heavy atom. The van der Waals surface area contributed by atoms with Crippen LogP contribution in [0.2, 0.25) is 0 Å². The van der Waals surface area contributed by atoms with Crippen molar-refractivity contribution in [3.63, 3.8) is 0 Å². The average molecular weight is 1120 g/mol. The molecule has 12 aromatic rings. The van der Waals surface area contributed by atoms with Crippen molar-refractivity contribution in [3.8, 4) is 44.5 Å². The van der Waals surface area contributed by atoms with Crippen molar-refractivity contribution in [3.05, 3.63) is 230 Å². The number of para-hydroxylation sites is 2. The fourth-order valence-corrected chi connectivity index (χ4v) is 20.4. The van der Waals surface area contributed by atoms with E-state index in [1.807, 2.05) is 0 Å². The number of hydrogen-bond acceptors (Lipinski definition) is 2. The van der Waals surface area contributed by atoms with Gasteiger partial charge in [-0.1, -0.05) is 227 Å². The van der Waals surface area contributed by atoms with Gasteiger partial charge in [0.1, 0.15) is 0 Å². The second kappa shape index (κ2) is 17.7. The maximum atomic E-state index is 2.74. The van der Waals surface area contributed by atoms with Crippen molar-refractivity contribution >= 4 is 76.6 Å². The Kier molecular flexibility index (Phi) is 11.0. The monoisotopic (exact) mass is 1120 g/mol. The second-order valence-electron chi connectivity index (χ2n) is 30.5. The minimum absolute atomic E-state index is 0.0116. The lowest BCUT2D eigenvalue weighted by Crippen LogP contribution is -2.65. The molecule has 0 radical (unpaired) electrons. The molecule has 2 aliphatic carbocycles. The van der Waals surface area contributed by atoms with Crippen molar-refractivity contribution in [1.82, 2.24) is 0 Å². The fourth-order valence-electron chi connectivity index (χ4n) is 20.4. The van der Waals surface area contributed by atoms with Crippen LogP contribution < -0.4 is 9.80 Å². The molecule has 0 saturated heterocycles. The molecule has 86 heavy (non-hydrogen) atoms. The third kappa shape index (κ3) is 7.02. The van der Waals surface area contributed by atoms with Crippen molar-refractivity contribution < 1.29 is 0 Å². The van der Waals surface area contributed by atoms with Gasteiger partial charge in [-0.25, -0.2) is 0 Å². The number of fused-ring (bicyclic) bond motifs is 8. The van der Waals surface area contributed by atoms with E-state index in [-0.39, 0.29) is 43.6 Å². The molecule has 0 bridgehead atoms. The third-order valence-corrected chi connectivity index (χ3v) is 23.6. The molecule has 12 aromatic carbocycles. The number of hydrogen-bond donors (Lipinski definition) is 0. The van der Waals surface area contributed by atoms with E-state index in [9.17, 15) is 0 Å². The van der Waals surface area contributed by atoms with Crippen LogP contribution in [0.4, 0.5) is 22.7 Å². The summed E-state index contributed by atoms with van der Waals surface area (Å²) >= 11 is 0. The van der Waals surface area contributed by atoms with Crippen molar-refractivity contribution in [1.29, 1.82) is 0 Å². The topological polar surface area (TPSA) is 6.48 Å². The predicted molar refractivity (Wildman–Crippen MR) is 369 cm³/mol. The molecular weight excluding hydrogens is 1040 g/mol. The largest absolute Gasteiger partial charge is 0.334 e. The first kappa shape index (κ1) is 53.3. The fraction of sp³-hybridized carbons (Fsp3) is 0.286. The van der Waals surface area contributed by atoms with E-state index in [1.54, 1.807) is 0 Å². The van der Waals surface area contributed by atoms with E-state index < -0.39 is 0 Å². The van der Waals surface area contributed by atoms with E-state index in [2.05, 4.69) is 311 Å². The number of anilines is 4. The van der Waals surface area contributed by atoms with E-state index in [0.717, 1.165) is 25.7 Å². The van der Waals surface area contributed by atoms with Crippen molar-refractivity contribution in [2.45, 2.75) is 131 Å². The van der Waals surface area contributed by atoms with Crippen LogP contribution in [0, 0.1) is 21.7 Å². The normalized spacial score (nSPS) is 24.1. The summed E-state index contributed by atoms with van der Waals surface area (Å²) in [6.07, 6.45) is 4.48. The van der Waals surface area contributed by atoms with Gasteiger partial charge in [0.15, 0.2) is 0 Å². The average Bonchev–Trinajstić information content (AvgIpc) is 1.49. The van der Waals surface area contributed by atoms with E-state index in [1.165, 1.54) is 132 Å². The second-order valence-corrected chi connectivity index (χ2v) is 30.5. The van der Waals surface area contributed by atoms with Crippen LogP contribution in [0.1, 0.15) is 120 Å². The Morgan fingerprint density at radius 1 is 0.279 bits per heavy atom. The van der Waals surface area contributed by atoms with Crippen LogP contribution in [-0.4, -0.2) is 11.1 Å². The zero-order valence-corrected chi connectivity index (χ0v) is 52.5. The molecule has 426 valence electrons. The van der Waals surface area contributed by atoms with Crippen LogP contribution in [0.3, 0.4) is 0 Å². The Hall–Kier alpha value is -8.20. The van der Waals surface area contributed by atoms with Gasteiger partial charge in [0.25, 0.3) is 0 Å². The Balaban J connectivity index is 1.01. The predicted octanol–water partition coefficient (Wildman–Crippen LogP) is 23.6. The van der Waals surface area contributed by atoms with Crippen molar-refractivity contribution in [2.75, 3.05) is 9.80 Å². The molecule has 2 heterocycles. The van der Waals surface area contributed by atoms with E-state index in [4.69, 9.17) is 0 Å². The highest BCUT2D eigenvalue weighted by Crippen LogP contribution is 2.72. The molecule has 0 aromatic heterocycles. The van der Waals surface area contributed by atoms with E-state index >= 15 is 0 Å². The van der Waals surface area contributed by atoms with Gasteiger partial charge in [-0.3, -0.25) is 0 Å². The van der Waals surface area contributed by atoms with Gasteiger partial charge in [0, 0.05) is 33.6 Å². The smallest absolute Gasteiger partial charge is 0.0528 e. The van der Waals surface area contributed by atoms with Crippen LogP contribution in [0.25, 0.3) is 98.4 Å². The summed E-state index contributed by atoms with van der Waals surface area (Å²) < 4.78 is 0. The zero-order valence-electron chi connectivity index (χ0n) is 52.5. The van der Waals surface area contributed by atoms with Crippen LogP contribution in [0.15, 0.2) is 218 Å².